The summed E-state index contributed by atoms with van der Waals surface area (Å²) in [6.07, 6.45) is 1.53. The number of aryl methyl sites for hydroxylation is 1. The third kappa shape index (κ3) is 3.55. The number of hydrogen-bond donors (Lipinski definition) is 1. The molecule has 0 radical (unpaired) electrons. The number of hydrogen-bond acceptors (Lipinski definition) is 5. The molecule has 1 N–H and O–H groups in total. The van der Waals surface area contributed by atoms with Gasteiger partial charge in [-0.15, -0.1) is 10.2 Å². The minimum atomic E-state index is -0.278. The van der Waals surface area contributed by atoms with E-state index < -0.39 is 0 Å². The van der Waals surface area contributed by atoms with Crippen LogP contribution in [-0.2, 0) is 11.2 Å². The van der Waals surface area contributed by atoms with Crippen LogP contribution < -0.4 is 5.32 Å². The zero-order valence-corrected chi connectivity index (χ0v) is 14.7. The minimum Gasteiger partial charge on any atom is -0.411 e. The summed E-state index contributed by atoms with van der Waals surface area (Å²) >= 11 is 7.28. The summed E-state index contributed by atoms with van der Waals surface area (Å²) in [6.45, 7) is 0. The second-order valence-corrected chi connectivity index (χ2v) is 7.27. The van der Waals surface area contributed by atoms with E-state index in [0.717, 1.165) is 23.2 Å². The molecule has 7 heteroatoms. The van der Waals surface area contributed by atoms with Gasteiger partial charge >= 0.3 is 0 Å². The molecule has 1 unspecified atom stereocenters. The van der Waals surface area contributed by atoms with Crippen LogP contribution >= 0.6 is 23.4 Å². The topological polar surface area (TPSA) is 68.0 Å². The van der Waals surface area contributed by atoms with Crippen LogP contribution in [0.3, 0.4) is 0 Å². The zero-order chi connectivity index (χ0) is 17.2. The van der Waals surface area contributed by atoms with Gasteiger partial charge < -0.3 is 9.73 Å². The molecule has 0 bridgehead atoms. The Morgan fingerprint density at radius 3 is 2.92 bits per heavy atom. The van der Waals surface area contributed by atoms with Gasteiger partial charge in [-0.2, -0.15) is 0 Å². The number of rotatable bonds is 3. The van der Waals surface area contributed by atoms with Crippen molar-refractivity contribution in [3.05, 3.63) is 59.1 Å². The highest BCUT2D eigenvalue weighted by Crippen LogP contribution is 2.32. The first-order valence-electron chi connectivity index (χ1n) is 7.84. The number of nitrogens with zero attached hydrogens (tertiary/aromatic N) is 2. The molecule has 1 aliphatic heterocycles. The van der Waals surface area contributed by atoms with Gasteiger partial charge in [0.1, 0.15) is 0 Å². The van der Waals surface area contributed by atoms with E-state index in [1.165, 1.54) is 11.8 Å². The molecular formula is C18H14ClN3O2S. The first-order valence-corrected chi connectivity index (χ1v) is 9.10. The van der Waals surface area contributed by atoms with E-state index in [-0.39, 0.29) is 11.2 Å². The summed E-state index contributed by atoms with van der Waals surface area (Å²) in [5, 5.41) is 11.8. The lowest BCUT2D eigenvalue weighted by molar-refractivity contribution is -0.115. The predicted molar refractivity (Wildman–Crippen MR) is 97.8 cm³/mol. The zero-order valence-electron chi connectivity index (χ0n) is 13.1. The first kappa shape index (κ1) is 16.2. The molecule has 4 rings (SSSR count). The molecule has 1 atom stereocenters. The fraction of sp³-hybridized carbons (Fsp3) is 0.167. The molecular weight excluding hydrogens is 358 g/mol. The van der Waals surface area contributed by atoms with Gasteiger partial charge in [0.15, 0.2) is 0 Å². The maximum atomic E-state index is 12.5. The third-order valence-electron chi connectivity index (χ3n) is 3.96. The average molecular weight is 372 g/mol. The smallest absolute Gasteiger partial charge is 0.277 e. The monoisotopic (exact) mass is 371 g/mol. The maximum absolute atomic E-state index is 12.5. The molecule has 25 heavy (non-hydrogen) atoms. The van der Waals surface area contributed by atoms with Gasteiger partial charge in [0.25, 0.3) is 5.22 Å². The first-order chi connectivity index (χ1) is 12.2. The molecule has 5 nitrogen and oxygen atoms in total. The number of nitrogens with one attached hydrogen (secondary N) is 1. The highest BCUT2D eigenvalue weighted by Gasteiger charge is 2.26. The summed E-state index contributed by atoms with van der Waals surface area (Å²) in [7, 11) is 0. The highest BCUT2D eigenvalue weighted by atomic mass is 35.5. The van der Waals surface area contributed by atoms with Crippen LogP contribution in [-0.4, -0.2) is 21.4 Å². The van der Waals surface area contributed by atoms with Gasteiger partial charge in [-0.05, 0) is 42.7 Å². The number of amides is 1. The second-order valence-electron chi connectivity index (χ2n) is 5.68. The van der Waals surface area contributed by atoms with Crippen molar-refractivity contribution in [1.29, 1.82) is 0 Å². The number of halogens is 1. The predicted octanol–water partition coefficient (Wildman–Crippen LogP) is 4.44. The van der Waals surface area contributed by atoms with Gasteiger partial charge in [0, 0.05) is 16.3 Å². The van der Waals surface area contributed by atoms with Crippen LogP contribution in [0.15, 0.2) is 58.2 Å². The number of anilines is 1. The number of para-hydroxylation sites is 1. The summed E-state index contributed by atoms with van der Waals surface area (Å²) in [6, 6.07) is 15.1. The van der Waals surface area contributed by atoms with Gasteiger partial charge in [-0.3, -0.25) is 4.79 Å². The average Bonchev–Trinajstić information content (AvgIpc) is 3.02. The van der Waals surface area contributed by atoms with E-state index in [4.69, 9.17) is 16.0 Å². The fourth-order valence-corrected chi connectivity index (χ4v) is 3.77. The molecule has 0 spiro atoms. The van der Waals surface area contributed by atoms with Crippen molar-refractivity contribution in [3.63, 3.8) is 0 Å². The lowest BCUT2D eigenvalue weighted by Gasteiger charge is -2.09. The standard InChI is InChI=1S/C18H14ClN3O2S/c19-13-6-3-5-12(10-13)17-21-22-18(24-17)25-15-9-8-11-4-1-2-7-14(11)20-16(15)23/h1-7,10,15H,8-9H2,(H,20,23). The summed E-state index contributed by atoms with van der Waals surface area (Å²) in [4.78, 5) is 12.5. The van der Waals surface area contributed by atoms with Crippen molar-refractivity contribution < 1.29 is 9.21 Å². The Kier molecular flexibility index (Phi) is 4.46. The van der Waals surface area contributed by atoms with Crippen molar-refractivity contribution in [3.8, 4) is 11.5 Å². The lowest BCUT2D eigenvalue weighted by atomic mass is 10.1. The molecule has 126 valence electrons. The molecule has 0 fully saturated rings. The Hall–Kier alpha value is -2.31. The Morgan fingerprint density at radius 1 is 1.16 bits per heavy atom. The largest absolute Gasteiger partial charge is 0.411 e. The Bertz CT molecular complexity index is 928. The van der Waals surface area contributed by atoms with Gasteiger partial charge in [0.2, 0.25) is 11.8 Å². The van der Waals surface area contributed by atoms with Crippen LogP contribution in [0.2, 0.25) is 5.02 Å². The quantitative estimate of drug-likeness (QED) is 0.737. The summed E-state index contributed by atoms with van der Waals surface area (Å²) in [5.41, 5.74) is 2.77. The van der Waals surface area contributed by atoms with Gasteiger partial charge in [-0.1, -0.05) is 47.6 Å². The second kappa shape index (κ2) is 6.90. The van der Waals surface area contributed by atoms with Crippen molar-refractivity contribution >= 4 is 35.0 Å². The van der Waals surface area contributed by atoms with E-state index in [9.17, 15) is 4.79 Å². The molecule has 0 saturated heterocycles. The Labute approximate surface area is 153 Å². The van der Waals surface area contributed by atoms with Crippen LogP contribution in [0.25, 0.3) is 11.5 Å². The molecule has 2 aromatic carbocycles. The molecule has 0 saturated carbocycles. The lowest BCUT2D eigenvalue weighted by Crippen LogP contribution is -2.23. The van der Waals surface area contributed by atoms with Gasteiger partial charge in [-0.25, -0.2) is 0 Å². The number of carbonyl (C=O) groups excluding carboxylic acids is 1. The van der Waals surface area contributed by atoms with Crippen molar-refractivity contribution in [1.82, 2.24) is 10.2 Å². The molecule has 2 heterocycles. The van der Waals surface area contributed by atoms with E-state index in [1.54, 1.807) is 12.1 Å². The SMILES string of the molecule is O=C1Nc2ccccc2CCC1Sc1nnc(-c2cccc(Cl)c2)o1. The molecule has 1 aliphatic rings. The molecule has 1 aromatic heterocycles. The van der Waals surface area contributed by atoms with Crippen LogP contribution in [0.5, 0.6) is 0 Å². The maximum Gasteiger partial charge on any atom is 0.277 e. The highest BCUT2D eigenvalue weighted by molar-refractivity contribution is 8.00. The van der Waals surface area contributed by atoms with E-state index in [2.05, 4.69) is 15.5 Å². The van der Waals surface area contributed by atoms with Crippen molar-refractivity contribution in [2.75, 3.05) is 5.32 Å². The summed E-state index contributed by atoms with van der Waals surface area (Å²) < 4.78 is 5.70. The fourth-order valence-electron chi connectivity index (χ4n) is 2.72. The van der Waals surface area contributed by atoms with E-state index in [1.807, 2.05) is 36.4 Å². The van der Waals surface area contributed by atoms with Crippen molar-refractivity contribution in [2.24, 2.45) is 0 Å². The van der Waals surface area contributed by atoms with Crippen LogP contribution in [0.1, 0.15) is 12.0 Å². The number of aromatic nitrogens is 2. The molecule has 0 aliphatic carbocycles. The molecule has 1 amide bonds. The Morgan fingerprint density at radius 2 is 2.04 bits per heavy atom. The van der Waals surface area contributed by atoms with Gasteiger partial charge in [0.05, 0.1) is 5.25 Å². The minimum absolute atomic E-state index is 0.0440. The number of benzene rings is 2. The van der Waals surface area contributed by atoms with Crippen LogP contribution in [0.4, 0.5) is 5.69 Å². The molecule has 3 aromatic rings. The normalized spacial score (nSPS) is 16.8. The number of fused-ring (bicyclic) bond motifs is 1. The number of carbonyl (C=O) groups is 1. The summed E-state index contributed by atoms with van der Waals surface area (Å²) in [5.74, 6) is 0.347. The van der Waals surface area contributed by atoms with E-state index >= 15 is 0 Å². The van der Waals surface area contributed by atoms with Crippen LogP contribution in [0, 0.1) is 0 Å². The van der Waals surface area contributed by atoms with E-state index in [0.29, 0.717) is 22.6 Å². The number of thioether (sulfide) groups is 1. The third-order valence-corrected chi connectivity index (χ3v) is 5.30. The van der Waals surface area contributed by atoms with Crippen molar-refractivity contribution in [2.45, 2.75) is 23.3 Å². The Balaban J connectivity index is 1.50.